The lowest BCUT2D eigenvalue weighted by molar-refractivity contribution is -0.0448. The maximum Gasteiger partial charge on any atom is 0.0828 e. The normalized spacial score (nSPS) is 21.4. The van der Waals surface area contributed by atoms with Crippen molar-refractivity contribution in [1.29, 1.82) is 0 Å². The molecule has 0 saturated heterocycles. The summed E-state index contributed by atoms with van der Waals surface area (Å²) < 4.78 is 5.87. The molecule has 1 heterocycles. The third-order valence-corrected chi connectivity index (χ3v) is 5.25. The minimum Gasteiger partial charge on any atom is -0.377 e. The van der Waals surface area contributed by atoms with Gasteiger partial charge in [-0.15, -0.1) is 11.3 Å². The predicted molar refractivity (Wildman–Crippen MR) is 78.1 cm³/mol. The van der Waals surface area contributed by atoms with Crippen LogP contribution < -0.4 is 5.73 Å². The number of nitrogens with two attached hydrogens (primary N) is 1. The summed E-state index contributed by atoms with van der Waals surface area (Å²) in [6, 6.07) is 4.48. The van der Waals surface area contributed by atoms with E-state index in [1.54, 1.807) is 0 Å². The molecule has 3 heteroatoms. The maximum atomic E-state index is 6.46. The number of rotatable bonds is 5. The van der Waals surface area contributed by atoms with Crippen LogP contribution >= 0.6 is 11.3 Å². The standard InChI is InChI=1S/C15H25NOS/c1-17-15(10-4-2-3-5-11-15)14(16)9-8-13-7-6-12-18-13/h6-7,12,14H,2-5,8-11,16H2,1H3. The maximum absolute atomic E-state index is 6.46. The average molecular weight is 267 g/mol. The van der Waals surface area contributed by atoms with E-state index in [1.807, 2.05) is 18.4 Å². The first kappa shape index (κ1) is 14.0. The lowest BCUT2D eigenvalue weighted by atomic mass is 9.84. The van der Waals surface area contributed by atoms with Gasteiger partial charge in [-0.25, -0.2) is 0 Å². The zero-order valence-corrected chi connectivity index (χ0v) is 12.2. The summed E-state index contributed by atoms with van der Waals surface area (Å²) in [7, 11) is 1.84. The Bertz CT molecular complexity index is 328. The number of hydrogen-bond acceptors (Lipinski definition) is 3. The fourth-order valence-corrected chi connectivity index (χ4v) is 3.79. The highest BCUT2D eigenvalue weighted by molar-refractivity contribution is 7.09. The Morgan fingerprint density at radius 3 is 2.61 bits per heavy atom. The van der Waals surface area contributed by atoms with Gasteiger partial charge in [-0.3, -0.25) is 0 Å². The molecule has 0 radical (unpaired) electrons. The number of methoxy groups -OCH3 is 1. The molecule has 0 spiro atoms. The minimum absolute atomic E-state index is 0.0617. The molecule has 2 nitrogen and oxygen atoms in total. The van der Waals surface area contributed by atoms with E-state index in [0.29, 0.717) is 0 Å². The number of ether oxygens (including phenoxy) is 1. The first-order valence-corrected chi connectivity index (χ1v) is 7.98. The van der Waals surface area contributed by atoms with E-state index < -0.39 is 0 Å². The molecule has 0 bridgehead atoms. The fourth-order valence-electron chi connectivity index (χ4n) is 3.07. The molecule has 0 amide bonds. The van der Waals surface area contributed by atoms with Gasteiger partial charge in [0.1, 0.15) is 0 Å². The predicted octanol–water partition coefficient (Wildman–Crippen LogP) is 3.75. The van der Waals surface area contributed by atoms with Crippen molar-refractivity contribution in [2.75, 3.05) is 7.11 Å². The summed E-state index contributed by atoms with van der Waals surface area (Å²) in [6.45, 7) is 0. The topological polar surface area (TPSA) is 35.2 Å². The average Bonchev–Trinajstić information content (AvgIpc) is 2.79. The van der Waals surface area contributed by atoms with Gasteiger partial charge in [0.2, 0.25) is 0 Å². The Morgan fingerprint density at radius 1 is 1.33 bits per heavy atom. The second-order valence-electron chi connectivity index (χ2n) is 5.41. The minimum atomic E-state index is -0.0617. The van der Waals surface area contributed by atoms with Crippen molar-refractivity contribution in [2.45, 2.75) is 63.0 Å². The van der Waals surface area contributed by atoms with Crippen LogP contribution in [0.5, 0.6) is 0 Å². The molecule has 1 aliphatic rings. The van der Waals surface area contributed by atoms with E-state index in [0.717, 1.165) is 25.7 Å². The van der Waals surface area contributed by atoms with E-state index in [-0.39, 0.29) is 11.6 Å². The van der Waals surface area contributed by atoms with Gasteiger partial charge in [0, 0.05) is 18.0 Å². The molecular formula is C15H25NOS. The summed E-state index contributed by atoms with van der Waals surface area (Å²) in [6.07, 6.45) is 9.59. The molecular weight excluding hydrogens is 242 g/mol. The summed E-state index contributed by atoms with van der Waals surface area (Å²) in [5.41, 5.74) is 6.40. The van der Waals surface area contributed by atoms with Crippen molar-refractivity contribution < 1.29 is 4.74 Å². The first-order chi connectivity index (χ1) is 8.77. The highest BCUT2D eigenvalue weighted by Gasteiger charge is 2.36. The van der Waals surface area contributed by atoms with Crippen LogP contribution in [0, 0.1) is 0 Å². The van der Waals surface area contributed by atoms with Crippen LogP contribution in [0.3, 0.4) is 0 Å². The molecule has 1 saturated carbocycles. The molecule has 1 fully saturated rings. The molecule has 102 valence electrons. The number of thiophene rings is 1. The van der Waals surface area contributed by atoms with E-state index in [4.69, 9.17) is 10.5 Å². The van der Waals surface area contributed by atoms with Crippen molar-refractivity contribution in [2.24, 2.45) is 5.73 Å². The lowest BCUT2D eigenvalue weighted by Crippen LogP contribution is -2.49. The van der Waals surface area contributed by atoms with Crippen LogP contribution in [0.25, 0.3) is 0 Å². The van der Waals surface area contributed by atoms with Gasteiger partial charge < -0.3 is 10.5 Å². The molecule has 1 aromatic rings. The molecule has 1 aromatic heterocycles. The molecule has 0 aliphatic heterocycles. The zero-order chi connectivity index (χ0) is 12.8. The Morgan fingerprint density at radius 2 is 2.06 bits per heavy atom. The molecule has 0 aromatic carbocycles. The molecule has 1 unspecified atom stereocenters. The Hall–Kier alpha value is -0.380. The SMILES string of the molecule is COC1(C(N)CCc2cccs2)CCCCCC1. The second kappa shape index (κ2) is 6.69. The van der Waals surface area contributed by atoms with E-state index in [9.17, 15) is 0 Å². The van der Waals surface area contributed by atoms with Crippen LogP contribution in [-0.4, -0.2) is 18.8 Å². The number of hydrogen-bond donors (Lipinski definition) is 1. The fraction of sp³-hybridized carbons (Fsp3) is 0.733. The molecule has 2 N–H and O–H groups in total. The molecule has 18 heavy (non-hydrogen) atoms. The Kier molecular flexibility index (Phi) is 5.22. The smallest absolute Gasteiger partial charge is 0.0828 e. The van der Waals surface area contributed by atoms with Crippen molar-refractivity contribution >= 4 is 11.3 Å². The monoisotopic (exact) mass is 267 g/mol. The van der Waals surface area contributed by atoms with Gasteiger partial charge in [-0.2, -0.15) is 0 Å². The number of aryl methyl sites for hydroxylation is 1. The van der Waals surface area contributed by atoms with E-state index in [1.165, 1.54) is 30.6 Å². The lowest BCUT2D eigenvalue weighted by Gasteiger charge is -2.37. The van der Waals surface area contributed by atoms with Gasteiger partial charge in [0.15, 0.2) is 0 Å². The van der Waals surface area contributed by atoms with Crippen LogP contribution in [-0.2, 0) is 11.2 Å². The zero-order valence-electron chi connectivity index (χ0n) is 11.4. The second-order valence-corrected chi connectivity index (χ2v) is 6.44. The summed E-state index contributed by atoms with van der Waals surface area (Å²) in [5.74, 6) is 0. The molecule has 2 rings (SSSR count). The first-order valence-electron chi connectivity index (χ1n) is 7.10. The van der Waals surface area contributed by atoms with Gasteiger partial charge in [0.25, 0.3) is 0 Å². The van der Waals surface area contributed by atoms with Gasteiger partial charge >= 0.3 is 0 Å². The summed E-state index contributed by atoms with van der Waals surface area (Å²) in [4.78, 5) is 1.44. The van der Waals surface area contributed by atoms with Crippen molar-refractivity contribution in [1.82, 2.24) is 0 Å². The van der Waals surface area contributed by atoms with Crippen LogP contribution in [0.4, 0.5) is 0 Å². The van der Waals surface area contributed by atoms with E-state index >= 15 is 0 Å². The van der Waals surface area contributed by atoms with Crippen LogP contribution in [0.1, 0.15) is 49.8 Å². The highest BCUT2D eigenvalue weighted by atomic mass is 32.1. The quantitative estimate of drug-likeness (QED) is 0.825. The van der Waals surface area contributed by atoms with Gasteiger partial charge in [-0.1, -0.05) is 31.7 Å². The Labute approximate surface area is 115 Å². The summed E-state index contributed by atoms with van der Waals surface area (Å²) in [5, 5.41) is 2.14. The van der Waals surface area contributed by atoms with Crippen LogP contribution in [0.2, 0.25) is 0 Å². The summed E-state index contributed by atoms with van der Waals surface area (Å²) >= 11 is 1.83. The van der Waals surface area contributed by atoms with Crippen molar-refractivity contribution in [3.63, 3.8) is 0 Å². The van der Waals surface area contributed by atoms with Crippen molar-refractivity contribution in [3.05, 3.63) is 22.4 Å². The van der Waals surface area contributed by atoms with Gasteiger partial charge in [0.05, 0.1) is 5.60 Å². The van der Waals surface area contributed by atoms with Crippen molar-refractivity contribution in [3.8, 4) is 0 Å². The third-order valence-electron chi connectivity index (χ3n) is 4.31. The Balaban J connectivity index is 1.93. The van der Waals surface area contributed by atoms with E-state index in [2.05, 4.69) is 17.5 Å². The largest absolute Gasteiger partial charge is 0.377 e. The molecule has 1 aliphatic carbocycles. The van der Waals surface area contributed by atoms with Crippen LogP contribution in [0.15, 0.2) is 17.5 Å². The molecule has 1 atom stereocenters. The third kappa shape index (κ3) is 3.34. The van der Waals surface area contributed by atoms with Gasteiger partial charge in [-0.05, 0) is 37.1 Å². The highest BCUT2D eigenvalue weighted by Crippen LogP contribution is 2.33.